The van der Waals surface area contributed by atoms with Crippen LogP contribution < -0.4 is 16.0 Å². The number of thiazole rings is 1. The fraction of sp³-hybridized carbons (Fsp3) is 0.370. The molecule has 0 aliphatic heterocycles. The Bertz CT molecular complexity index is 1600. The number of rotatable bonds is 7. The van der Waals surface area contributed by atoms with Crippen molar-refractivity contribution in [3.63, 3.8) is 0 Å². The largest absolute Gasteiger partial charge is 0.435 e. The van der Waals surface area contributed by atoms with Crippen LogP contribution in [0.4, 0.5) is 23.8 Å². The molecular formula is C27H27F3N8O3S. The van der Waals surface area contributed by atoms with E-state index in [9.17, 15) is 22.8 Å². The van der Waals surface area contributed by atoms with Gasteiger partial charge in [-0.05, 0) is 31.9 Å². The molecule has 3 N–H and O–H groups in total. The molecule has 0 saturated heterocycles. The first-order valence-electron chi connectivity index (χ1n) is 13.3. The summed E-state index contributed by atoms with van der Waals surface area (Å²) in [5.41, 5.74) is 0.247. The Balaban J connectivity index is 1.60. The lowest BCUT2D eigenvalue weighted by Crippen LogP contribution is -2.36. The molecule has 1 aliphatic rings. The minimum atomic E-state index is -4.87. The van der Waals surface area contributed by atoms with Gasteiger partial charge in [0.1, 0.15) is 15.7 Å². The highest BCUT2D eigenvalue weighted by molar-refractivity contribution is 7.17. The third-order valence-electron chi connectivity index (χ3n) is 6.58. The SMILES string of the molecule is CCNC(=O)Nc1cc(-c2nc(C(F)(F)F)c(C(=O)NC3CCCCC3)s2)c(-c2cncc(-c3nnc(C)o3)c2)cn1. The van der Waals surface area contributed by atoms with E-state index in [1.54, 1.807) is 19.9 Å². The fourth-order valence-corrected chi connectivity index (χ4v) is 5.67. The minimum Gasteiger partial charge on any atom is -0.421 e. The molecule has 15 heteroatoms. The number of nitrogens with one attached hydrogen (secondary N) is 3. The number of hydrogen-bond acceptors (Lipinski definition) is 9. The molecular weight excluding hydrogens is 573 g/mol. The molecule has 11 nitrogen and oxygen atoms in total. The van der Waals surface area contributed by atoms with Crippen LogP contribution in [0, 0.1) is 6.92 Å². The van der Waals surface area contributed by atoms with Crippen molar-refractivity contribution in [2.24, 2.45) is 0 Å². The highest BCUT2D eigenvalue weighted by atomic mass is 32.1. The summed E-state index contributed by atoms with van der Waals surface area (Å²) in [6.45, 7) is 3.73. The zero-order chi connectivity index (χ0) is 29.9. The zero-order valence-corrected chi connectivity index (χ0v) is 23.5. The molecule has 4 heterocycles. The monoisotopic (exact) mass is 600 g/mol. The number of aromatic nitrogens is 5. The Kier molecular flexibility index (Phi) is 8.47. The van der Waals surface area contributed by atoms with E-state index in [0.29, 0.717) is 53.3 Å². The van der Waals surface area contributed by atoms with Crippen LogP contribution in [0.25, 0.3) is 33.2 Å². The first-order chi connectivity index (χ1) is 20.1. The molecule has 0 atom stereocenters. The van der Waals surface area contributed by atoms with Crippen LogP contribution in [0.2, 0.25) is 0 Å². The summed E-state index contributed by atoms with van der Waals surface area (Å²) in [6, 6.07) is 2.36. The average molecular weight is 601 g/mol. The third-order valence-corrected chi connectivity index (χ3v) is 7.67. The second-order valence-electron chi connectivity index (χ2n) is 9.69. The highest BCUT2D eigenvalue weighted by Crippen LogP contribution is 2.41. The minimum absolute atomic E-state index is 0.0771. The maximum atomic E-state index is 14.2. The first kappa shape index (κ1) is 29.1. The van der Waals surface area contributed by atoms with E-state index in [-0.39, 0.29) is 28.3 Å². The number of nitrogens with zero attached hydrogens (tertiary/aromatic N) is 5. The van der Waals surface area contributed by atoms with Crippen molar-refractivity contribution in [1.82, 2.24) is 35.8 Å². The molecule has 1 saturated carbocycles. The molecule has 42 heavy (non-hydrogen) atoms. The van der Waals surface area contributed by atoms with Crippen LogP contribution in [0.15, 0.2) is 35.1 Å². The summed E-state index contributed by atoms with van der Waals surface area (Å²) in [5, 5.41) is 15.6. The summed E-state index contributed by atoms with van der Waals surface area (Å²) in [7, 11) is 0. The van der Waals surface area contributed by atoms with Crippen molar-refractivity contribution in [2.45, 2.75) is 58.2 Å². The standard InChI is InChI=1S/C27H27F3N8O3S/c1-3-32-26(40)35-20-10-18(19(13-33-20)15-9-16(12-31-11-15)24-38-37-14(2)41-24)25-36-22(27(28,29)30)21(42-25)23(39)34-17-7-5-4-6-8-17/h9-13,17H,3-8H2,1-2H3,(H,34,39)(H2,32,33,35,40). The van der Waals surface area contributed by atoms with Crippen molar-refractivity contribution >= 4 is 29.1 Å². The Morgan fingerprint density at radius 1 is 1.05 bits per heavy atom. The van der Waals surface area contributed by atoms with Gasteiger partial charge in [-0.15, -0.1) is 21.5 Å². The van der Waals surface area contributed by atoms with Crippen LogP contribution in [-0.2, 0) is 6.18 Å². The molecule has 1 fully saturated rings. The Labute approximate surface area is 242 Å². The van der Waals surface area contributed by atoms with Gasteiger partial charge in [0, 0.05) is 54.8 Å². The highest BCUT2D eigenvalue weighted by Gasteiger charge is 2.40. The molecule has 220 valence electrons. The second-order valence-corrected chi connectivity index (χ2v) is 10.7. The van der Waals surface area contributed by atoms with E-state index in [1.807, 2.05) is 0 Å². The van der Waals surface area contributed by atoms with Crippen molar-refractivity contribution in [3.8, 4) is 33.2 Å². The van der Waals surface area contributed by atoms with Gasteiger partial charge in [0.2, 0.25) is 11.8 Å². The van der Waals surface area contributed by atoms with Crippen molar-refractivity contribution < 1.29 is 27.2 Å². The third kappa shape index (κ3) is 6.56. The summed E-state index contributed by atoms with van der Waals surface area (Å²) in [5.74, 6) is -0.181. The Morgan fingerprint density at radius 3 is 2.50 bits per heavy atom. The molecule has 0 aromatic carbocycles. The van der Waals surface area contributed by atoms with E-state index in [2.05, 4.69) is 41.1 Å². The molecule has 0 unspecified atom stereocenters. The molecule has 0 radical (unpaired) electrons. The number of amides is 3. The summed E-state index contributed by atoms with van der Waals surface area (Å²) in [6.07, 6.45) is 3.80. The lowest BCUT2D eigenvalue weighted by Gasteiger charge is -2.22. The van der Waals surface area contributed by atoms with Crippen LogP contribution in [-0.4, -0.2) is 49.7 Å². The van der Waals surface area contributed by atoms with E-state index in [1.165, 1.54) is 24.7 Å². The van der Waals surface area contributed by atoms with Gasteiger partial charge in [-0.3, -0.25) is 15.1 Å². The van der Waals surface area contributed by atoms with Gasteiger partial charge >= 0.3 is 12.2 Å². The topological polar surface area (TPSA) is 148 Å². The number of anilines is 1. The number of carbonyl (C=O) groups is 2. The maximum Gasteiger partial charge on any atom is 0.435 e. The maximum absolute atomic E-state index is 14.2. The van der Waals surface area contributed by atoms with Crippen LogP contribution >= 0.6 is 11.3 Å². The summed E-state index contributed by atoms with van der Waals surface area (Å²) in [4.78, 5) is 37.2. The summed E-state index contributed by atoms with van der Waals surface area (Å²) >= 11 is 0.626. The number of alkyl halides is 3. The predicted molar refractivity (Wildman–Crippen MR) is 149 cm³/mol. The average Bonchev–Trinajstić information content (AvgIpc) is 3.61. The normalized spacial score (nSPS) is 14.0. The number of aryl methyl sites for hydroxylation is 1. The van der Waals surface area contributed by atoms with Gasteiger partial charge in [-0.1, -0.05) is 19.3 Å². The van der Waals surface area contributed by atoms with E-state index < -0.39 is 28.7 Å². The second kappa shape index (κ2) is 12.2. The lowest BCUT2D eigenvalue weighted by molar-refractivity contribution is -0.141. The zero-order valence-electron chi connectivity index (χ0n) is 22.7. The van der Waals surface area contributed by atoms with Gasteiger partial charge in [0.25, 0.3) is 5.91 Å². The van der Waals surface area contributed by atoms with Gasteiger partial charge in [0.05, 0.1) is 5.56 Å². The molecule has 3 amide bonds. The van der Waals surface area contributed by atoms with E-state index in [4.69, 9.17) is 4.42 Å². The quantitative estimate of drug-likeness (QED) is 0.239. The number of urea groups is 1. The molecule has 5 rings (SSSR count). The van der Waals surface area contributed by atoms with Crippen LogP contribution in [0.3, 0.4) is 0 Å². The van der Waals surface area contributed by atoms with Gasteiger partial charge in [-0.25, -0.2) is 14.8 Å². The van der Waals surface area contributed by atoms with Gasteiger partial charge in [-0.2, -0.15) is 13.2 Å². The predicted octanol–water partition coefficient (Wildman–Crippen LogP) is 5.85. The van der Waals surface area contributed by atoms with Crippen molar-refractivity contribution in [2.75, 3.05) is 11.9 Å². The van der Waals surface area contributed by atoms with Crippen molar-refractivity contribution in [3.05, 3.63) is 47.2 Å². The lowest BCUT2D eigenvalue weighted by atomic mass is 9.95. The van der Waals surface area contributed by atoms with Crippen LogP contribution in [0.1, 0.15) is 60.3 Å². The molecule has 1 aliphatic carbocycles. The number of carbonyl (C=O) groups excluding carboxylic acids is 2. The van der Waals surface area contributed by atoms with E-state index in [0.717, 1.165) is 19.3 Å². The number of pyridine rings is 2. The molecule has 4 aromatic rings. The molecule has 4 aromatic heterocycles. The van der Waals surface area contributed by atoms with Crippen molar-refractivity contribution in [1.29, 1.82) is 0 Å². The van der Waals surface area contributed by atoms with Gasteiger partial charge < -0.3 is 15.1 Å². The Hall–Kier alpha value is -4.40. The van der Waals surface area contributed by atoms with Gasteiger partial charge in [0.15, 0.2) is 5.69 Å². The fourth-order valence-electron chi connectivity index (χ4n) is 4.65. The Morgan fingerprint density at radius 2 is 1.81 bits per heavy atom. The molecule has 0 bridgehead atoms. The van der Waals surface area contributed by atoms with Crippen LogP contribution in [0.5, 0.6) is 0 Å². The molecule has 0 spiro atoms. The first-order valence-corrected chi connectivity index (χ1v) is 14.1. The smallest absolute Gasteiger partial charge is 0.421 e. The van der Waals surface area contributed by atoms with E-state index >= 15 is 0 Å². The summed E-state index contributed by atoms with van der Waals surface area (Å²) < 4.78 is 48.0. The number of halogens is 3. The number of hydrogen-bond donors (Lipinski definition) is 3.